The van der Waals surface area contributed by atoms with Crippen LogP contribution in [0.2, 0.25) is 0 Å². The Balaban J connectivity index is 1.46. The van der Waals surface area contributed by atoms with Crippen LogP contribution in [0.25, 0.3) is 0 Å². The maximum absolute atomic E-state index is 13.5. The molecule has 0 saturated heterocycles. The van der Waals surface area contributed by atoms with Crippen molar-refractivity contribution in [3.63, 3.8) is 0 Å². The molecule has 2 aromatic carbocycles. The highest BCUT2D eigenvalue weighted by atomic mass is 32.2. The lowest BCUT2D eigenvalue weighted by Gasteiger charge is -2.30. The highest BCUT2D eigenvalue weighted by molar-refractivity contribution is 7.92. The Morgan fingerprint density at radius 3 is 2.50 bits per heavy atom. The van der Waals surface area contributed by atoms with Gasteiger partial charge in [0.1, 0.15) is 6.04 Å². The van der Waals surface area contributed by atoms with Crippen molar-refractivity contribution in [2.75, 3.05) is 23.9 Å². The van der Waals surface area contributed by atoms with Crippen molar-refractivity contribution in [3.8, 4) is 11.5 Å². The number of ether oxygens (including phenoxy) is 2. The van der Waals surface area contributed by atoms with Gasteiger partial charge in [-0.2, -0.15) is 0 Å². The lowest BCUT2D eigenvalue weighted by atomic mass is 10.1. The maximum atomic E-state index is 13.5. The topological polar surface area (TPSA) is 105 Å². The number of nitrogens with one attached hydrogen (secondary N) is 1. The van der Waals surface area contributed by atoms with E-state index in [2.05, 4.69) is 5.32 Å². The van der Waals surface area contributed by atoms with Crippen molar-refractivity contribution in [3.05, 3.63) is 53.6 Å². The third kappa shape index (κ3) is 6.78. The molecule has 2 aliphatic rings. The van der Waals surface area contributed by atoms with E-state index in [1.54, 1.807) is 30.0 Å². The Morgan fingerprint density at radius 2 is 1.79 bits per heavy atom. The molecule has 38 heavy (non-hydrogen) atoms. The number of rotatable bonds is 11. The lowest BCUT2D eigenvalue weighted by Crippen LogP contribution is -2.49. The minimum absolute atomic E-state index is 0.0927. The first kappa shape index (κ1) is 27.8. The Hall–Kier alpha value is -3.27. The highest BCUT2D eigenvalue weighted by Crippen LogP contribution is 2.36. The average molecular weight is 544 g/mol. The molecule has 1 aliphatic carbocycles. The molecule has 2 amide bonds. The minimum Gasteiger partial charge on any atom is -0.454 e. The summed E-state index contributed by atoms with van der Waals surface area (Å²) in [6.07, 6.45) is 5.66. The summed E-state index contributed by atoms with van der Waals surface area (Å²) in [6.45, 7) is 4.26. The minimum atomic E-state index is -3.60. The van der Waals surface area contributed by atoms with Crippen molar-refractivity contribution < 1.29 is 27.5 Å². The van der Waals surface area contributed by atoms with Crippen LogP contribution in [0.1, 0.15) is 56.6 Å². The first-order valence-corrected chi connectivity index (χ1v) is 15.0. The number of hydrogen-bond donors (Lipinski definition) is 1. The average Bonchev–Trinajstić information content (AvgIpc) is 3.56. The number of aryl methyl sites for hydroxylation is 1. The van der Waals surface area contributed by atoms with E-state index in [-0.39, 0.29) is 37.6 Å². The molecule has 9 nitrogen and oxygen atoms in total. The van der Waals surface area contributed by atoms with Gasteiger partial charge in [0.05, 0.1) is 11.9 Å². The molecular weight excluding hydrogens is 506 g/mol. The Labute approximate surface area is 225 Å². The zero-order chi connectivity index (χ0) is 27.3. The molecule has 0 aromatic heterocycles. The Bertz CT molecular complexity index is 1260. The molecule has 0 spiro atoms. The quantitative estimate of drug-likeness (QED) is 0.463. The summed E-state index contributed by atoms with van der Waals surface area (Å²) < 4.78 is 37.2. The summed E-state index contributed by atoms with van der Waals surface area (Å²) in [4.78, 5) is 28.2. The van der Waals surface area contributed by atoms with Crippen molar-refractivity contribution >= 4 is 27.5 Å². The summed E-state index contributed by atoms with van der Waals surface area (Å²) in [6, 6.07) is 12.3. The summed E-state index contributed by atoms with van der Waals surface area (Å²) in [5.41, 5.74) is 2.46. The van der Waals surface area contributed by atoms with E-state index in [9.17, 15) is 18.0 Å². The standard InChI is InChI=1S/C28H37N3O6S/c1-20-9-4-5-10-22(20)18-30(21(2)28(33)29-23-11-6-7-12-23)27(32)13-8-16-31(38(3,34)35)24-14-15-25-26(17-24)37-19-36-25/h4-5,9-10,14-15,17,21,23H,6-8,11-13,16,18-19H2,1-3H3,(H,29,33)/t21-/m1/s1. The predicted molar refractivity (Wildman–Crippen MR) is 146 cm³/mol. The molecule has 1 N–H and O–H groups in total. The van der Waals surface area contributed by atoms with E-state index < -0.39 is 16.1 Å². The third-order valence-electron chi connectivity index (χ3n) is 7.27. The third-order valence-corrected chi connectivity index (χ3v) is 8.46. The SMILES string of the molecule is Cc1ccccc1CN(C(=O)CCCN(c1ccc2c(c1)OCO2)S(C)(=O)=O)[C@H](C)C(=O)NC1CCCC1. The van der Waals surface area contributed by atoms with Crippen LogP contribution >= 0.6 is 0 Å². The number of sulfonamides is 1. The highest BCUT2D eigenvalue weighted by Gasteiger charge is 2.29. The number of carbonyl (C=O) groups excluding carboxylic acids is 2. The number of nitrogens with zero attached hydrogens (tertiary/aromatic N) is 2. The van der Waals surface area contributed by atoms with E-state index in [1.807, 2.05) is 31.2 Å². The van der Waals surface area contributed by atoms with E-state index in [0.717, 1.165) is 43.1 Å². The number of amides is 2. The Kier molecular flexibility index (Phi) is 8.81. The number of anilines is 1. The van der Waals surface area contributed by atoms with Crippen LogP contribution < -0.4 is 19.1 Å². The first-order valence-electron chi connectivity index (χ1n) is 13.1. The molecule has 4 rings (SSSR count). The van der Waals surface area contributed by atoms with Gasteiger partial charge in [-0.05, 0) is 56.4 Å². The molecule has 1 aliphatic heterocycles. The van der Waals surface area contributed by atoms with Crippen LogP contribution in [-0.4, -0.2) is 56.8 Å². The van der Waals surface area contributed by atoms with Crippen LogP contribution in [0, 0.1) is 6.92 Å². The van der Waals surface area contributed by atoms with Crippen molar-refractivity contribution in [2.24, 2.45) is 0 Å². The van der Waals surface area contributed by atoms with Crippen LogP contribution in [0.3, 0.4) is 0 Å². The fourth-order valence-corrected chi connectivity index (χ4v) is 5.95. The second-order valence-corrected chi connectivity index (χ2v) is 12.0. The van der Waals surface area contributed by atoms with Gasteiger partial charge in [-0.25, -0.2) is 8.42 Å². The van der Waals surface area contributed by atoms with E-state index in [4.69, 9.17) is 9.47 Å². The van der Waals surface area contributed by atoms with Crippen molar-refractivity contribution in [1.29, 1.82) is 0 Å². The molecule has 206 valence electrons. The largest absolute Gasteiger partial charge is 0.454 e. The number of carbonyl (C=O) groups is 2. The fraction of sp³-hybridized carbons (Fsp3) is 0.500. The molecule has 1 saturated carbocycles. The summed E-state index contributed by atoms with van der Waals surface area (Å²) in [5, 5.41) is 3.11. The van der Waals surface area contributed by atoms with Gasteiger partial charge in [-0.3, -0.25) is 13.9 Å². The van der Waals surface area contributed by atoms with Crippen LogP contribution in [-0.2, 0) is 26.2 Å². The van der Waals surface area contributed by atoms with Gasteiger partial charge in [0.2, 0.25) is 28.6 Å². The summed E-state index contributed by atoms with van der Waals surface area (Å²) in [5.74, 6) is 0.700. The molecule has 1 fully saturated rings. The van der Waals surface area contributed by atoms with E-state index >= 15 is 0 Å². The van der Waals surface area contributed by atoms with Crippen LogP contribution in [0.4, 0.5) is 5.69 Å². The lowest BCUT2D eigenvalue weighted by molar-refractivity contribution is -0.141. The molecule has 1 atom stereocenters. The van der Waals surface area contributed by atoms with Gasteiger partial charge < -0.3 is 19.7 Å². The summed E-state index contributed by atoms with van der Waals surface area (Å²) >= 11 is 0. The molecule has 10 heteroatoms. The zero-order valence-corrected chi connectivity index (χ0v) is 23.1. The molecule has 0 radical (unpaired) electrons. The van der Waals surface area contributed by atoms with Gasteiger partial charge in [-0.15, -0.1) is 0 Å². The summed E-state index contributed by atoms with van der Waals surface area (Å²) in [7, 11) is -3.60. The van der Waals surface area contributed by atoms with Gasteiger partial charge in [0.25, 0.3) is 0 Å². The maximum Gasteiger partial charge on any atom is 0.242 e. The van der Waals surface area contributed by atoms with Crippen molar-refractivity contribution in [2.45, 2.75) is 71.0 Å². The van der Waals surface area contributed by atoms with Crippen LogP contribution in [0.15, 0.2) is 42.5 Å². The molecule has 2 aromatic rings. The van der Waals surface area contributed by atoms with Gasteiger partial charge in [0.15, 0.2) is 11.5 Å². The second-order valence-electron chi connectivity index (χ2n) is 10.1. The fourth-order valence-electron chi connectivity index (χ4n) is 4.99. The second kappa shape index (κ2) is 12.1. The molecular formula is C28H37N3O6S. The number of benzene rings is 2. The monoisotopic (exact) mass is 543 g/mol. The van der Waals surface area contributed by atoms with Gasteiger partial charge >= 0.3 is 0 Å². The van der Waals surface area contributed by atoms with E-state index in [0.29, 0.717) is 30.2 Å². The molecule has 0 bridgehead atoms. The van der Waals surface area contributed by atoms with E-state index in [1.165, 1.54) is 4.31 Å². The molecule has 0 unspecified atom stereocenters. The molecule has 1 heterocycles. The first-order chi connectivity index (χ1) is 18.1. The van der Waals surface area contributed by atoms with Gasteiger partial charge in [-0.1, -0.05) is 37.1 Å². The number of hydrogen-bond acceptors (Lipinski definition) is 6. The van der Waals surface area contributed by atoms with Crippen molar-refractivity contribution in [1.82, 2.24) is 10.2 Å². The normalized spacial score (nSPS) is 15.8. The van der Waals surface area contributed by atoms with Gasteiger partial charge in [0, 0.05) is 31.6 Å². The predicted octanol–water partition coefficient (Wildman–Crippen LogP) is 3.75. The smallest absolute Gasteiger partial charge is 0.242 e. The number of fused-ring (bicyclic) bond motifs is 1. The zero-order valence-electron chi connectivity index (χ0n) is 22.3. The Morgan fingerprint density at radius 1 is 1.08 bits per heavy atom. The van der Waals surface area contributed by atoms with Crippen LogP contribution in [0.5, 0.6) is 11.5 Å².